The standard InChI is InChI=1S/C15H13NO2.C15H13NOS.4C2H6/c2*17-14-10-18-15(11-6-2-1-3-7-11)12-8-4-5-9-13(12)16-14;4*1-2/h2*1-9,15H,10H2,(H,16,17);4*1-2H3. The lowest BCUT2D eigenvalue weighted by molar-refractivity contribution is -0.121. The van der Waals surface area contributed by atoms with E-state index in [1.807, 2.05) is 146 Å². The molecule has 4 aromatic rings. The lowest BCUT2D eigenvalue weighted by atomic mass is 10.00. The average Bonchev–Trinajstić information content (AvgIpc) is 3.39. The van der Waals surface area contributed by atoms with Gasteiger partial charge in [-0.1, -0.05) is 152 Å². The third-order valence-electron chi connectivity index (χ3n) is 6.00. The van der Waals surface area contributed by atoms with Crippen molar-refractivity contribution >= 4 is 35.0 Å². The number of fused-ring (bicyclic) bond motifs is 2. The van der Waals surface area contributed by atoms with Crippen LogP contribution in [0.3, 0.4) is 0 Å². The number of carbonyl (C=O) groups is 2. The Bertz CT molecular complexity index is 1240. The summed E-state index contributed by atoms with van der Waals surface area (Å²) in [5.41, 5.74) is 6.23. The van der Waals surface area contributed by atoms with Crippen molar-refractivity contribution < 1.29 is 14.3 Å². The molecule has 2 N–H and O–H groups in total. The minimum Gasteiger partial charge on any atom is -0.359 e. The first-order valence-electron chi connectivity index (χ1n) is 15.8. The maximum Gasteiger partial charge on any atom is 0.250 e. The Morgan fingerprint density at radius 1 is 0.545 bits per heavy atom. The van der Waals surface area contributed by atoms with Crippen molar-refractivity contribution in [3.63, 3.8) is 0 Å². The molecule has 2 amide bonds. The number of benzene rings is 4. The molecule has 0 fully saturated rings. The highest BCUT2D eigenvalue weighted by atomic mass is 32.2. The fourth-order valence-electron chi connectivity index (χ4n) is 4.36. The van der Waals surface area contributed by atoms with Gasteiger partial charge in [-0.2, -0.15) is 0 Å². The van der Waals surface area contributed by atoms with Gasteiger partial charge < -0.3 is 15.4 Å². The van der Waals surface area contributed by atoms with Crippen LogP contribution in [0.1, 0.15) is 89.0 Å². The highest BCUT2D eigenvalue weighted by Crippen LogP contribution is 2.41. The quantitative estimate of drug-likeness (QED) is 0.236. The van der Waals surface area contributed by atoms with Gasteiger partial charge in [-0.05, 0) is 28.8 Å². The molecule has 0 aliphatic carbocycles. The Balaban J connectivity index is 0.000000359. The number of anilines is 2. The number of hydrogen-bond donors (Lipinski definition) is 2. The summed E-state index contributed by atoms with van der Waals surface area (Å²) in [4.78, 5) is 23.3. The molecule has 2 aliphatic rings. The van der Waals surface area contributed by atoms with Crippen LogP contribution >= 0.6 is 11.8 Å². The minimum atomic E-state index is -0.193. The first-order valence-corrected chi connectivity index (χ1v) is 16.8. The summed E-state index contributed by atoms with van der Waals surface area (Å²) in [6.45, 7) is 16.1. The van der Waals surface area contributed by atoms with Crippen LogP contribution in [0, 0.1) is 0 Å². The number of hydrogen-bond acceptors (Lipinski definition) is 4. The maximum absolute atomic E-state index is 11.7. The fourth-order valence-corrected chi connectivity index (χ4v) is 5.48. The van der Waals surface area contributed by atoms with Crippen LogP contribution in [0.15, 0.2) is 109 Å². The van der Waals surface area contributed by atoms with Gasteiger partial charge in [-0.3, -0.25) is 9.59 Å². The average molecular weight is 615 g/mol. The van der Waals surface area contributed by atoms with Crippen LogP contribution in [0.2, 0.25) is 0 Å². The van der Waals surface area contributed by atoms with Gasteiger partial charge in [0, 0.05) is 16.9 Å². The lowest BCUT2D eigenvalue weighted by Gasteiger charge is -2.17. The SMILES string of the molecule is CC.CC.CC.CC.O=C1COC(c2ccccc2)c2ccccc2N1.O=C1CSC(c2ccccc2)c2ccccc2N1. The highest BCUT2D eigenvalue weighted by Gasteiger charge is 2.24. The van der Waals surface area contributed by atoms with E-state index in [-0.39, 0.29) is 29.8 Å². The number of ether oxygens (including phenoxy) is 1. The third-order valence-corrected chi connectivity index (χ3v) is 7.29. The zero-order valence-electron chi connectivity index (χ0n) is 27.6. The highest BCUT2D eigenvalue weighted by molar-refractivity contribution is 8.00. The molecule has 0 saturated heterocycles. The van der Waals surface area contributed by atoms with E-state index in [4.69, 9.17) is 4.74 Å². The lowest BCUT2D eigenvalue weighted by Crippen LogP contribution is -2.15. The molecule has 5 nitrogen and oxygen atoms in total. The van der Waals surface area contributed by atoms with Gasteiger partial charge in [0.05, 0.1) is 11.0 Å². The fraction of sp³-hybridized carbons (Fsp3) is 0.316. The van der Waals surface area contributed by atoms with Gasteiger partial charge in [0.25, 0.3) is 0 Å². The van der Waals surface area contributed by atoms with E-state index in [9.17, 15) is 9.59 Å². The van der Waals surface area contributed by atoms with Gasteiger partial charge in [-0.15, -0.1) is 11.8 Å². The van der Waals surface area contributed by atoms with Crippen molar-refractivity contribution in [3.8, 4) is 0 Å². The molecule has 0 radical (unpaired) electrons. The molecule has 0 spiro atoms. The number of para-hydroxylation sites is 2. The first-order chi connectivity index (χ1) is 21.7. The van der Waals surface area contributed by atoms with Crippen LogP contribution in [0.25, 0.3) is 0 Å². The predicted molar refractivity (Wildman–Crippen MR) is 191 cm³/mol. The summed E-state index contributed by atoms with van der Waals surface area (Å²) in [6, 6.07) is 36.0. The zero-order valence-corrected chi connectivity index (χ0v) is 28.4. The van der Waals surface area contributed by atoms with Crippen LogP contribution < -0.4 is 10.6 Å². The van der Waals surface area contributed by atoms with E-state index in [0.29, 0.717) is 5.75 Å². The minimum absolute atomic E-state index is 0.0749. The molecule has 2 aliphatic heterocycles. The second kappa shape index (κ2) is 22.6. The Kier molecular flexibility index (Phi) is 19.6. The number of rotatable bonds is 2. The van der Waals surface area contributed by atoms with Crippen molar-refractivity contribution in [1.82, 2.24) is 0 Å². The van der Waals surface area contributed by atoms with Gasteiger partial charge in [-0.25, -0.2) is 0 Å². The van der Waals surface area contributed by atoms with Crippen molar-refractivity contribution in [2.24, 2.45) is 0 Å². The monoisotopic (exact) mass is 614 g/mol. The molecule has 6 rings (SSSR count). The molecule has 0 saturated carbocycles. The second-order valence-corrected chi connectivity index (χ2v) is 9.57. The van der Waals surface area contributed by atoms with Gasteiger partial charge in [0.1, 0.15) is 12.7 Å². The third kappa shape index (κ3) is 11.3. The Labute approximate surface area is 269 Å². The normalized spacial score (nSPS) is 15.8. The van der Waals surface area contributed by atoms with Crippen molar-refractivity contribution in [1.29, 1.82) is 0 Å². The largest absolute Gasteiger partial charge is 0.359 e. The van der Waals surface area contributed by atoms with Crippen LogP contribution in [0.5, 0.6) is 0 Å². The van der Waals surface area contributed by atoms with Crippen molar-refractivity contribution in [3.05, 3.63) is 131 Å². The number of amides is 2. The molecular formula is C38H50N2O3S. The zero-order chi connectivity index (χ0) is 32.7. The van der Waals surface area contributed by atoms with E-state index >= 15 is 0 Å². The molecule has 0 bridgehead atoms. The van der Waals surface area contributed by atoms with E-state index in [1.54, 1.807) is 11.8 Å². The summed E-state index contributed by atoms with van der Waals surface area (Å²) in [5, 5.41) is 6.04. The molecular weight excluding hydrogens is 564 g/mol. The molecule has 44 heavy (non-hydrogen) atoms. The Morgan fingerprint density at radius 3 is 1.55 bits per heavy atom. The molecule has 4 aromatic carbocycles. The summed E-state index contributed by atoms with van der Waals surface area (Å²) in [5.74, 6) is 0.459. The van der Waals surface area contributed by atoms with E-state index < -0.39 is 0 Å². The van der Waals surface area contributed by atoms with Gasteiger partial charge >= 0.3 is 0 Å². The van der Waals surface area contributed by atoms with E-state index in [2.05, 4.69) is 28.8 Å². The van der Waals surface area contributed by atoms with E-state index in [1.165, 1.54) is 11.1 Å². The smallest absolute Gasteiger partial charge is 0.250 e. The van der Waals surface area contributed by atoms with Gasteiger partial charge in [0.15, 0.2) is 0 Å². The second-order valence-electron chi connectivity index (χ2n) is 8.47. The molecule has 6 heteroatoms. The van der Waals surface area contributed by atoms with Crippen LogP contribution in [-0.4, -0.2) is 24.2 Å². The maximum atomic E-state index is 11.7. The molecule has 0 aromatic heterocycles. The van der Waals surface area contributed by atoms with Crippen LogP contribution in [-0.2, 0) is 14.3 Å². The molecule has 2 atom stereocenters. The number of nitrogens with one attached hydrogen (secondary N) is 2. The molecule has 236 valence electrons. The topological polar surface area (TPSA) is 67.4 Å². The van der Waals surface area contributed by atoms with Gasteiger partial charge in [0.2, 0.25) is 11.8 Å². The summed E-state index contributed by atoms with van der Waals surface area (Å²) in [6.07, 6.45) is -0.193. The first kappa shape index (κ1) is 38.2. The Hall–Kier alpha value is -3.87. The summed E-state index contributed by atoms with van der Waals surface area (Å²) < 4.78 is 5.72. The molecule has 2 heterocycles. The Morgan fingerprint density at radius 2 is 0.977 bits per heavy atom. The predicted octanol–water partition coefficient (Wildman–Crippen LogP) is 10.3. The molecule has 2 unspecified atom stereocenters. The summed E-state index contributed by atoms with van der Waals surface area (Å²) in [7, 11) is 0. The van der Waals surface area contributed by atoms with E-state index in [0.717, 1.165) is 22.5 Å². The van der Waals surface area contributed by atoms with Crippen LogP contribution in [0.4, 0.5) is 11.4 Å². The van der Waals surface area contributed by atoms with Crippen molar-refractivity contribution in [2.75, 3.05) is 23.0 Å². The van der Waals surface area contributed by atoms with Crippen molar-refractivity contribution in [2.45, 2.75) is 66.7 Å². The summed E-state index contributed by atoms with van der Waals surface area (Å²) >= 11 is 1.68. The number of carbonyl (C=O) groups excluding carboxylic acids is 2. The number of thioether (sulfide) groups is 1.